The van der Waals surface area contributed by atoms with Crippen molar-refractivity contribution >= 4 is 30.4 Å². The number of nitrogens with one attached hydrogen (secondary N) is 1. The maximum Gasteiger partial charge on any atom is 0.433 e. The normalized spacial score (nSPS) is 11.7. The lowest BCUT2D eigenvalue weighted by atomic mass is 10.4. The van der Waals surface area contributed by atoms with Crippen LogP contribution in [0.1, 0.15) is 5.76 Å². The Morgan fingerprint density at radius 2 is 2.30 bits per heavy atom. The molecule has 0 saturated carbocycles. The van der Waals surface area contributed by atoms with Crippen LogP contribution in [0.15, 0.2) is 50.5 Å². The Morgan fingerprint density at radius 1 is 1.43 bits per heavy atom. The van der Waals surface area contributed by atoms with E-state index in [9.17, 15) is 10.1 Å². The zero-order valence-electron chi connectivity index (χ0n) is 11.4. The average molecular weight is 331 g/mol. The number of hydrogen-bond donors (Lipinski definition) is 1. The Bertz CT molecular complexity index is 932. The summed E-state index contributed by atoms with van der Waals surface area (Å²) in [6, 6.07) is 6.22. The van der Waals surface area contributed by atoms with Crippen LogP contribution in [-0.4, -0.2) is 26.0 Å². The number of hydrogen-bond acceptors (Lipinski definition) is 7. The molecule has 23 heavy (non-hydrogen) atoms. The monoisotopic (exact) mass is 331 g/mol. The van der Waals surface area contributed by atoms with E-state index in [1.165, 1.54) is 35.4 Å². The fourth-order valence-corrected chi connectivity index (χ4v) is 1.92. The molecule has 0 amide bonds. The van der Waals surface area contributed by atoms with Gasteiger partial charge in [0.05, 0.1) is 12.3 Å². The Morgan fingerprint density at radius 3 is 3.00 bits per heavy atom. The fraction of sp³-hybridized carbons (Fsp3) is 0. The molecule has 116 valence electrons. The van der Waals surface area contributed by atoms with Crippen molar-refractivity contribution in [2.45, 2.75) is 0 Å². The van der Waals surface area contributed by atoms with Gasteiger partial charge in [0.15, 0.2) is 5.76 Å². The van der Waals surface area contributed by atoms with Crippen molar-refractivity contribution in [3.05, 3.63) is 57.3 Å². The number of H-pyrrole nitrogens is 1. The highest BCUT2D eigenvalue weighted by atomic mass is 32.1. The van der Waals surface area contributed by atoms with Crippen molar-refractivity contribution in [3.8, 4) is 11.6 Å². The van der Waals surface area contributed by atoms with Crippen molar-refractivity contribution in [3.63, 3.8) is 0 Å². The van der Waals surface area contributed by atoms with Gasteiger partial charge >= 0.3 is 5.88 Å². The highest BCUT2D eigenvalue weighted by molar-refractivity contribution is 7.71. The predicted octanol–water partition coefficient (Wildman–Crippen LogP) is 3.25. The van der Waals surface area contributed by atoms with Gasteiger partial charge in [-0.1, -0.05) is 0 Å². The van der Waals surface area contributed by atoms with Gasteiger partial charge in [0.1, 0.15) is 10.7 Å². The number of aromatic amines is 1. The molecule has 9 nitrogen and oxygen atoms in total. The third-order valence-corrected chi connectivity index (χ3v) is 2.98. The number of allylic oxidation sites excluding steroid dienone is 1. The molecule has 0 saturated heterocycles. The van der Waals surface area contributed by atoms with Gasteiger partial charge in [-0.15, -0.1) is 5.10 Å². The first-order valence-corrected chi connectivity index (χ1v) is 6.72. The van der Waals surface area contributed by atoms with Crippen molar-refractivity contribution in [1.29, 1.82) is 0 Å². The highest BCUT2D eigenvalue weighted by Gasteiger charge is 2.10. The van der Waals surface area contributed by atoms with Gasteiger partial charge in [-0.05, 0) is 42.6 Å². The van der Waals surface area contributed by atoms with E-state index in [4.69, 9.17) is 21.1 Å². The van der Waals surface area contributed by atoms with Crippen molar-refractivity contribution in [2.24, 2.45) is 5.10 Å². The lowest BCUT2D eigenvalue weighted by Crippen LogP contribution is -1.92. The van der Waals surface area contributed by atoms with Gasteiger partial charge < -0.3 is 8.83 Å². The first-order valence-electron chi connectivity index (χ1n) is 6.31. The number of furan rings is 2. The zero-order chi connectivity index (χ0) is 16.2. The Hall–Kier alpha value is -3.27. The topological polar surface area (TPSA) is 115 Å². The molecule has 1 N–H and O–H groups in total. The second-order valence-electron chi connectivity index (χ2n) is 4.20. The number of nitrogens with zero attached hydrogens (tertiary/aromatic N) is 4. The second kappa shape index (κ2) is 6.23. The van der Waals surface area contributed by atoms with Gasteiger partial charge in [-0.2, -0.15) is 9.78 Å². The van der Waals surface area contributed by atoms with E-state index in [0.29, 0.717) is 22.1 Å². The summed E-state index contributed by atoms with van der Waals surface area (Å²) in [7, 11) is 0. The summed E-state index contributed by atoms with van der Waals surface area (Å²) in [6.45, 7) is 0. The third kappa shape index (κ3) is 3.16. The van der Waals surface area contributed by atoms with E-state index in [1.807, 2.05) is 0 Å². The SMILES string of the molecule is O=[N+]([O-])c1ccc(/C=C/C=N\n2c(-c3ccco3)n[nH]c2=S)o1. The molecule has 3 aromatic heterocycles. The summed E-state index contributed by atoms with van der Waals surface area (Å²) < 4.78 is 11.9. The van der Waals surface area contributed by atoms with E-state index < -0.39 is 4.92 Å². The molecule has 0 aliphatic carbocycles. The fourth-order valence-electron chi connectivity index (χ4n) is 1.74. The number of rotatable bonds is 5. The van der Waals surface area contributed by atoms with Crippen molar-refractivity contribution < 1.29 is 13.8 Å². The van der Waals surface area contributed by atoms with Crippen molar-refractivity contribution in [2.75, 3.05) is 0 Å². The second-order valence-corrected chi connectivity index (χ2v) is 4.58. The van der Waals surface area contributed by atoms with E-state index >= 15 is 0 Å². The number of nitro groups is 1. The summed E-state index contributed by atoms with van der Waals surface area (Å²) in [6.07, 6.45) is 6.06. The molecule has 3 rings (SSSR count). The molecule has 0 aromatic carbocycles. The summed E-state index contributed by atoms with van der Waals surface area (Å²) in [5, 5.41) is 21.3. The minimum absolute atomic E-state index is 0.301. The lowest BCUT2D eigenvalue weighted by molar-refractivity contribution is -0.402. The first-order chi connectivity index (χ1) is 11.1. The summed E-state index contributed by atoms with van der Waals surface area (Å²) in [4.78, 5) is 9.91. The van der Waals surface area contributed by atoms with Crippen LogP contribution in [0.3, 0.4) is 0 Å². The molecular weight excluding hydrogens is 322 g/mol. The average Bonchev–Trinajstić information content (AvgIpc) is 3.25. The third-order valence-electron chi connectivity index (χ3n) is 2.71. The smallest absolute Gasteiger partial charge is 0.433 e. The summed E-state index contributed by atoms with van der Waals surface area (Å²) in [5.74, 6) is 0.961. The van der Waals surface area contributed by atoms with Crippen LogP contribution in [0.5, 0.6) is 0 Å². The molecule has 3 heterocycles. The molecule has 0 spiro atoms. The molecule has 0 fully saturated rings. The van der Waals surface area contributed by atoms with Gasteiger partial charge in [-0.25, -0.2) is 5.10 Å². The largest absolute Gasteiger partial charge is 0.461 e. The highest BCUT2D eigenvalue weighted by Crippen LogP contribution is 2.18. The van der Waals surface area contributed by atoms with Crippen molar-refractivity contribution in [1.82, 2.24) is 14.9 Å². The van der Waals surface area contributed by atoms with Crippen LogP contribution in [0.2, 0.25) is 0 Å². The molecule has 0 bridgehead atoms. The molecule has 0 radical (unpaired) electrons. The molecular formula is C13H9N5O4S. The first kappa shape index (κ1) is 14.7. The summed E-state index contributed by atoms with van der Waals surface area (Å²) in [5.41, 5.74) is 0. The summed E-state index contributed by atoms with van der Waals surface area (Å²) >= 11 is 5.09. The van der Waals surface area contributed by atoms with E-state index in [-0.39, 0.29) is 5.88 Å². The molecule has 0 atom stereocenters. The molecule has 0 aliphatic rings. The van der Waals surface area contributed by atoms with Crippen LogP contribution < -0.4 is 0 Å². The van der Waals surface area contributed by atoms with Crippen LogP contribution in [0.25, 0.3) is 17.7 Å². The van der Waals surface area contributed by atoms with Gasteiger partial charge in [0, 0.05) is 6.21 Å². The van der Waals surface area contributed by atoms with Gasteiger partial charge in [0.2, 0.25) is 10.6 Å². The van der Waals surface area contributed by atoms with Crippen LogP contribution >= 0.6 is 12.2 Å². The standard InChI is InChI=1S/C13H9N5O4S/c19-18(20)11-6-5-9(22-11)3-1-7-14-17-12(15-16-13(17)23)10-4-2-8-21-10/h1-8H,(H,16,23)/b3-1+,14-7-. The van der Waals surface area contributed by atoms with Crippen LogP contribution in [-0.2, 0) is 0 Å². The quantitative estimate of drug-likeness (QED) is 0.332. The van der Waals surface area contributed by atoms with Crippen LogP contribution in [0.4, 0.5) is 5.88 Å². The predicted molar refractivity (Wildman–Crippen MR) is 83.4 cm³/mol. The minimum Gasteiger partial charge on any atom is -0.461 e. The molecule has 0 aliphatic heterocycles. The molecule has 10 heteroatoms. The number of aromatic nitrogens is 3. The maximum atomic E-state index is 10.5. The maximum absolute atomic E-state index is 10.5. The van der Waals surface area contributed by atoms with Gasteiger partial charge in [0.25, 0.3) is 0 Å². The minimum atomic E-state index is -0.605. The van der Waals surface area contributed by atoms with E-state index in [2.05, 4.69) is 15.3 Å². The Kier molecular flexibility index (Phi) is 3.97. The van der Waals surface area contributed by atoms with E-state index in [0.717, 1.165) is 0 Å². The Labute approximate surface area is 133 Å². The molecule has 3 aromatic rings. The van der Waals surface area contributed by atoms with E-state index in [1.54, 1.807) is 18.2 Å². The lowest BCUT2D eigenvalue weighted by Gasteiger charge is -1.95. The Balaban J connectivity index is 1.78. The van der Waals surface area contributed by atoms with Gasteiger partial charge in [-0.3, -0.25) is 10.1 Å². The zero-order valence-corrected chi connectivity index (χ0v) is 12.3. The molecule has 0 unspecified atom stereocenters. The van der Waals surface area contributed by atoms with Crippen LogP contribution in [0, 0.1) is 14.9 Å².